The van der Waals surface area contributed by atoms with Crippen molar-refractivity contribution in [2.45, 2.75) is 43.2 Å². The average Bonchev–Trinajstić information content (AvgIpc) is 2.69. The molecule has 6 nitrogen and oxygen atoms in total. The lowest BCUT2D eigenvalue weighted by Crippen LogP contribution is -2.34. The van der Waals surface area contributed by atoms with E-state index in [9.17, 15) is 13.2 Å². The number of hydrogen-bond acceptors (Lipinski definition) is 5. The van der Waals surface area contributed by atoms with Crippen molar-refractivity contribution in [2.75, 3.05) is 0 Å². The third kappa shape index (κ3) is 4.68. The van der Waals surface area contributed by atoms with Crippen LogP contribution in [0.15, 0.2) is 59.8 Å². The van der Waals surface area contributed by atoms with E-state index in [-0.39, 0.29) is 16.8 Å². The molecule has 1 fully saturated rings. The molecular weight excluding hydrogens is 352 g/mol. The van der Waals surface area contributed by atoms with Crippen LogP contribution in [0, 0.1) is 5.92 Å². The highest BCUT2D eigenvalue weighted by Gasteiger charge is 2.29. The van der Waals surface area contributed by atoms with Gasteiger partial charge in [-0.1, -0.05) is 43.5 Å². The van der Waals surface area contributed by atoms with Gasteiger partial charge in [-0.3, -0.25) is 9.78 Å². The molecule has 0 radical (unpaired) electrons. The van der Waals surface area contributed by atoms with Crippen LogP contribution in [-0.2, 0) is 19.6 Å². The maximum Gasteiger partial charge on any atom is 0.310 e. The number of hydrogen-bond donors (Lipinski definition) is 1. The molecule has 1 aliphatic rings. The molecule has 3 rings (SSSR count). The monoisotopic (exact) mass is 374 g/mol. The first-order valence-corrected chi connectivity index (χ1v) is 10.2. The predicted molar refractivity (Wildman–Crippen MR) is 96.4 cm³/mol. The summed E-state index contributed by atoms with van der Waals surface area (Å²) in [6.07, 6.45) is 6.63. The molecule has 1 aliphatic carbocycles. The molecule has 0 aliphatic heterocycles. The lowest BCUT2D eigenvalue weighted by Gasteiger charge is -2.24. The van der Waals surface area contributed by atoms with E-state index in [2.05, 4.69) is 9.71 Å². The zero-order valence-electron chi connectivity index (χ0n) is 14.4. The average molecular weight is 374 g/mol. The lowest BCUT2D eigenvalue weighted by molar-refractivity contribution is -0.156. The summed E-state index contributed by atoms with van der Waals surface area (Å²) < 4.78 is 33.4. The Morgan fingerprint density at radius 2 is 1.81 bits per heavy atom. The predicted octanol–water partition coefficient (Wildman–Crippen LogP) is 3.18. The Morgan fingerprint density at radius 3 is 2.46 bits per heavy atom. The van der Waals surface area contributed by atoms with Crippen LogP contribution in [0.5, 0.6) is 0 Å². The van der Waals surface area contributed by atoms with E-state index in [4.69, 9.17) is 4.74 Å². The normalized spacial score (nSPS) is 16.8. The van der Waals surface area contributed by atoms with Crippen LogP contribution < -0.4 is 4.72 Å². The summed E-state index contributed by atoms with van der Waals surface area (Å²) in [4.78, 5) is 16.6. The molecule has 138 valence electrons. The maximum absolute atomic E-state index is 12.7. The molecule has 1 unspecified atom stereocenters. The van der Waals surface area contributed by atoms with Gasteiger partial charge in [0.25, 0.3) is 0 Å². The Kier molecular flexibility index (Phi) is 6.00. The second-order valence-corrected chi connectivity index (χ2v) is 8.09. The van der Waals surface area contributed by atoms with Crippen molar-refractivity contribution in [3.8, 4) is 0 Å². The minimum Gasteiger partial charge on any atom is -0.441 e. The van der Waals surface area contributed by atoms with E-state index in [1.165, 1.54) is 18.3 Å². The van der Waals surface area contributed by atoms with Crippen molar-refractivity contribution in [1.29, 1.82) is 0 Å². The fourth-order valence-corrected chi connectivity index (χ4v) is 4.17. The molecule has 1 atom stereocenters. The largest absolute Gasteiger partial charge is 0.441 e. The fraction of sp³-hybridized carbons (Fsp3) is 0.368. The number of aromatic nitrogens is 1. The molecule has 1 aromatic carbocycles. The van der Waals surface area contributed by atoms with E-state index in [1.54, 1.807) is 36.5 Å². The van der Waals surface area contributed by atoms with Crippen LogP contribution in [0.1, 0.15) is 43.9 Å². The standard InChI is InChI=1S/C19H22N2O4S/c22-19(15-8-3-1-4-9-15)25-18(16-10-7-13-20-14-16)21-26(23,24)17-11-5-2-6-12-17/h2,5-7,10-15,18,21H,1,3-4,8-9H2. The third-order valence-electron chi connectivity index (χ3n) is 4.48. The summed E-state index contributed by atoms with van der Waals surface area (Å²) in [5.74, 6) is -0.543. The number of carbonyl (C=O) groups excluding carboxylic acids is 1. The zero-order chi connectivity index (χ0) is 18.4. The molecule has 1 heterocycles. The van der Waals surface area contributed by atoms with Crippen LogP contribution in [0.2, 0.25) is 0 Å². The number of sulfonamides is 1. The van der Waals surface area contributed by atoms with E-state index < -0.39 is 16.3 Å². The van der Waals surface area contributed by atoms with Crippen molar-refractivity contribution >= 4 is 16.0 Å². The van der Waals surface area contributed by atoms with Crippen LogP contribution >= 0.6 is 0 Å². The van der Waals surface area contributed by atoms with Gasteiger partial charge in [0.1, 0.15) is 0 Å². The Balaban J connectivity index is 1.81. The van der Waals surface area contributed by atoms with Gasteiger partial charge in [-0.05, 0) is 31.0 Å². The van der Waals surface area contributed by atoms with Gasteiger partial charge in [0, 0.05) is 18.0 Å². The number of esters is 1. The summed E-state index contributed by atoms with van der Waals surface area (Å²) >= 11 is 0. The van der Waals surface area contributed by atoms with E-state index >= 15 is 0 Å². The van der Waals surface area contributed by atoms with Crippen LogP contribution in [0.4, 0.5) is 0 Å². The Bertz CT molecular complexity index is 819. The zero-order valence-corrected chi connectivity index (χ0v) is 15.2. The Hall–Kier alpha value is -2.25. The number of nitrogens with zero attached hydrogens (tertiary/aromatic N) is 1. The molecular formula is C19H22N2O4S. The summed E-state index contributed by atoms with van der Waals surface area (Å²) in [5.41, 5.74) is 0.483. The highest BCUT2D eigenvalue weighted by molar-refractivity contribution is 7.89. The summed E-state index contributed by atoms with van der Waals surface area (Å²) in [5, 5.41) is 0. The molecule has 0 saturated heterocycles. The molecule has 0 bridgehead atoms. The number of rotatable bonds is 6. The van der Waals surface area contributed by atoms with Crippen LogP contribution in [0.25, 0.3) is 0 Å². The number of ether oxygens (including phenoxy) is 1. The van der Waals surface area contributed by atoms with Gasteiger partial charge >= 0.3 is 5.97 Å². The van der Waals surface area contributed by atoms with Gasteiger partial charge in [0.2, 0.25) is 10.0 Å². The highest BCUT2D eigenvalue weighted by Crippen LogP contribution is 2.27. The van der Waals surface area contributed by atoms with Gasteiger partial charge in [-0.25, -0.2) is 8.42 Å². The molecule has 26 heavy (non-hydrogen) atoms. The maximum atomic E-state index is 12.7. The first-order valence-electron chi connectivity index (χ1n) is 8.74. The first-order chi connectivity index (χ1) is 12.6. The van der Waals surface area contributed by atoms with E-state index in [0.717, 1.165) is 32.1 Å². The molecule has 1 aromatic heterocycles. The van der Waals surface area contributed by atoms with Crippen LogP contribution in [0.3, 0.4) is 0 Å². The minimum atomic E-state index is -3.84. The van der Waals surface area contributed by atoms with Crippen molar-refractivity contribution in [1.82, 2.24) is 9.71 Å². The Labute approximate surface area is 153 Å². The third-order valence-corrected chi connectivity index (χ3v) is 5.89. The molecule has 0 spiro atoms. The first kappa shape index (κ1) is 18.5. The van der Waals surface area contributed by atoms with E-state index in [1.807, 2.05) is 0 Å². The smallest absolute Gasteiger partial charge is 0.310 e. The number of benzene rings is 1. The quantitative estimate of drug-likeness (QED) is 0.620. The Morgan fingerprint density at radius 1 is 1.08 bits per heavy atom. The molecule has 1 N–H and O–H groups in total. The number of nitrogens with one attached hydrogen (secondary N) is 1. The topological polar surface area (TPSA) is 85.4 Å². The summed E-state index contributed by atoms with van der Waals surface area (Å²) in [7, 11) is -3.84. The van der Waals surface area contributed by atoms with Gasteiger partial charge in [-0.2, -0.15) is 4.72 Å². The second kappa shape index (κ2) is 8.42. The summed E-state index contributed by atoms with van der Waals surface area (Å²) in [6, 6.07) is 11.4. The van der Waals surface area contributed by atoms with Crippen molar-refractivity contribution < 1.29 is 17.9 Å². The molecule has 7 heteroatoms. The SMILES string of the molecule is O=C(OC(NS(=O)(=O)c1ccccc1)c1cccnc1)C1CCCCC1. The molecule has 0 amide bonds. The summed E-state index contributed by atoms with van der Waals surface area (Å²) in [6.45, 7) is 0. The van der Waals surface area contributed by atoms with Gasteiger partial charge in [-0.15, -0.1) is 0 Å². The van der Waals surface area contributed by atoms with Gasteiger partial charge < -0.3 is 4.74 Å². The van der Waals surface area contributed by atoms with Crippen molar-refractivity contribution in [2.24, 2.45) is 5.92 Å². The highest BCUT2D eigenvalue weighted by atomic mass is 32.2. The minimum absolute atomic E-state index is 0.114. The molecule has 1 saturated carbocycles. The second-order valence-electron chi connectivity index (χ2n) is 6.37. The number of carbonyl (C=O) groups is 1. The lowest BCUT2D eigenvalue weighted by atomic mass is 9.89. The number of pyridine rings is 1. The van der Waals surface area contributed by atoms with Gasteiger partial charge in [0.15, 0.2) is 6.23 Å². The van der Waals surface area contributed by atoms with Crippen molar-refractivity contribution in [3.63, 3.8) is 0 Å². The van der Waals surface area contributed by atoms with Crippen molar-refractivity contribution in [3.05, 3.63) is 60.4 Å². The fourth-order valence-electron chi connectivity index (χ4n) is 3.05. The molecule has 2 aromatic rings. The van der Waals surface area contributed by atoms with Gasteiger partial charge in [0.05, 0.1) is 10.8 Å². The van der Waals surface area contributed by atoms with Crippen LogP contribution in [-0.4, -0.2) is 19.4 Å². The van der Waals surface area contributed by atoms with E-state index in [0.29, 0.717) is 5.56 Å².